The molecule has 1 unspecified atom stereocenters. The van der Waals surface area contributed by atoms with Gasteiger partial charge < -0.3 is 19.7 Å². The number of halogens is 3. The maximum absolute atomic E-state index is 13.0. The summed E-state index contributed by atoms with van der Waals surface area (Å²) in [6.45, 7) is 3.42. The average molecular weight is 511 g/mol. The summed E-state index contributed by atoms with van der Waals surface area (Å²) in [6.07, 6.45) is 0.597. The highest BCUT2D eigenvalue weighted by Crippen LogP contribution is 2.28. The highest BCUT2D eigenvalue weighted by atomic mass is 79.9. The molecule has 1 heterocycles. The van der Waals surface area contributed by atoms with E-state index in [0.29, 0.717) is 35.2 Å². The molecule has 32 heavy (non-hydrogen) atoms. The van der Waals surface area contributed by atoms with Crippen LogP contribution in [-0.2, 0) is 16.1 Å². The fourth-order valence-electron chi connectivity index (χ4n) is 3.34. The van der Waals surface area contributed by atoms with Crippen molar-refractivity contribution in [1.82, 2.24) is 5.32 Å². The third-order valence-corrected chi connectivity index (χ3v) is 5.19. The number of amides is 1. The van der Waals surface area contributed by atoms with Crippen molar-refractivity contribution in [3.63, 3.8) is 0 Å². The lowest BCUT2D eigenvalue weighted by atomic mass is 10.1. The normalized spacial score (nSPS) is 16.5. The van der Waals surface area contributed by atoms with Crippen LogP contribution in [0.2, 0.25) is 0 Å². The van der Waals surface area contributed by atoms with E-state index in [2.05, 4.69) is 26.0 Å². The number of hydrogen-bond donors (Lipinski definition) is 1. The molecule has 1 aliphatic heterocycles. The summed E-state index contributed by atoms with van der Waals surface area (Å²) in [5, 5.41) is 3.21. The molecule has 0 saturated carbocycles. The summed E-state index contributed by atoms with van der Waals surface area (Å²) in [5.41, 5.74) is 1.19. The van der Waals surface area contributed by atoms with Gasteiger partial charge in [-0.1, -0.05) is 28.1 Å². The minimum absolute atomic E-state index is 0.0855. The van der Waals surface area contributed by atoms with Gasteiger partial charge in [-0.3, -0.25) is 4.79 Å². The zero-order valence-electron chi connectivity index (χ0n) is 18.0. The summed E-state index contributed by atoms with van der Waals surface area (Å²) in [5.74, 6) is -0.473. The molecule has 0 spiro atoms. The molecule has 1 amide bonds. The zero-order valence-corrected chi connectivity index (χ0v) is 19.6. The molecule has 1 atom stereocenters. The summed E-state index contributed by atoms with van der Waals surface area (Å²) in [7, 11) is 0. The van der Waals surface area contributed by atoms with Gasteiger partial charge in [0.05, 0.1) is 11.6 Å². The van der Waals surface area contributed by atoms with Crippen molar-refractivity contribution in [1.29, 1.82) is 0 Å². The Labute approximate surface area is 194 Å². The maximum atomic E-state index is 13.0. The molecule has 2 aromatic rings. The fourth-order valence-corrected chi connectivity index (χ4v) is 3.82. The lowest BCUT2D eigenvalue weighted by Gasteiger charge is -2.21. The van der Waals surface area contributed by atoms with Crippen molar-refractivity contribution in [3.05, 3.63) is 58.1 Å². The van der Waals surface area contributed by atoms with Gasteiger partial charge in [0.25, 0.3) is 0 Å². The Morgan fingerprint density at radius 2 is 1.91 bits per heavy atom. The van der Waals surface area contributed by atoms with E-state index in [1.54, 1.807) is 56.0 Å². The summed E-state index contributed by atoms with van der Waals surface area (Å²) in [4.78, 5) is 27.0. The number of alkyl halides is 2. The Kier molecular flexibility index (Phi) is 7.51. The highest BCUT2D eigenvalue weighted by molar-refractivity contribution is 9.10. The maximum Gasteiger partial charge on any atom is 0.387 e. The molecule has 1 saturated heterocycles. The first-order valence-electron chi connectivity index (χ1n) is 10.1. The number of benzene rings is 2. The number of carbonyl (C=O) groups is 2. The third-order valence-electron chi connectivity index (χ3n) is 4.74. The molecule has 2 aromatic carbocycles. The number of ether oxygens (including phenoxy) is 2. The second-order valence-corrected chi connectivity index (χ2v) is 9.35. The van der Waals surface area contributed by atoms with E-state index in [1.807, 2.05) is 0 Å². The van der Waals surface area contributed by atoms with Gasteiger partial charge in [0, 0.05) is 23.2 Å². The van der Waals surface area contributed by atoms with Crippen LogP contribution in [0, 0.1) is 0 Å². The molecule has 172 valence electrons. The minimum atomic E-state index is -2.87. The Bertz CT molecular complexity index is 977. The van der Waals surface area contributed by atoms with E-state index in [4.69, 9.17) is 4.74 Å². The molecule has 0 radical (unpaired) electrons. The first-order chi connectivity index (χ1) is 15.0. The Morgan fingerprint density at radius 3 is 2.53 bits per heavy atom. The van der Waals surface area contributed by atoms with Crippen molar-refractivity contribution < 1.29 is 27.8 Å². The summed E-state index contributed by atoms with van der Waals surface area (Å²) < 4.78 is 35.0. The van der Waals surface area contributed by atoms with E-state index in [1.165, 1.54) is 12.1 Å². The van der Waals surface area contributed by atoms with Crippen molar-refractivity contribution >= 4 is 33.5 Å². The molecular weight excluding hydrogens is 486 g/mol. The lowest BCUT2D eigenvalue weighted by Crippen LogP contribution is -2.38. The number of esters is 1. The van der Waals surface area contributed by atoms with Gasteiger partial charge in [-0.05, 0) is 63.1 Å². The fraction of sp³-hybridized carbons (Fsp3) is 0.391. The Morgan fingerprint density at radius 1 is 1.22 bits per heavy atom. The van der Waals surface area contributed by atoms with Gasteiger partial charge in [-0.2, -0.15) is 8.78 Å². The molecule has 1 N–H and O–H groups in total. The van der Waals surface area contributed by atoms with E-state index < -0.39 is 24.2 Å². The van der Waals surface area contributed by atoms with Crippen molar-refractivity contribution in [2.75, 3.05) is 11.4 Å². The van der Waals surface area contributed by atoms with E-state index in [-0.39, 0.29) is 11.7 Å². The quantitative estimate of drug-likeness (QED) is 0.536. The molecular formula is C23H25BrF2N2O4. The second-order valence-electron chi connectivity index (χ2n) is 8.43. The first kappa shape index (κ1) is 24.1. The molecule has 9 heteroatoms. The second kappa shape index (κ2) is 9.95. The van der Waals surface area contributed by atoms with Gasteiger partial charge in [-0.15, -0.1) is 0 Å². The van der Waals surface area contributed by atoms with E-state index >= 15 is 0 Å². The average Bonchev–Trinajstić information content (AvgIpc) is 3.06. The van der Waals surface area contributed by atoms with E-state index in [0.717, 1.165) is 5.56 Å². The van der Waals surface area contributed by atoms with Crippen LogP contribution in [0.3, 0.4) is 0 Å². The van der Waals surface area contributed by atoms with Crippen molar-refractivity contribution in [2.24, 2.45) is 0 Å². The van der Waals surface area contributed by atoms with Gasteiger partial charge in [0.15, 0.2) is 0 Å². The number of rotatable bonds is 7. The number of hydrogen-bond acceptors (Lipinski definition) is 5. The van der Waals surface area contributed by atoms with Crippen LogP contribution >= 0.6 is 15.9 Å². The molecule has 1 aliphatic rings. The highest BCUT2D eigenvalue weighted by Gasteiger charge is 2.33. The van der Waals surface area contributed by atoms with Crippen LogP contribution in [0.1, 0.15) is 43.1 Å². The molecule has 3 rings (SSSR count). The molecule has 6 nitrogen and oxygen atoms in total. The standard InChI is InChI=1S/C23H25BrF2N2O4/c1-23(2,3)32-21(30)15-10-16(24)12-17(11-15)28-9-8-19(20(28)29)27-13-14-4-6-18(7-5-14)31-22(25)26/h4-7,10-12,19,22,27H,8-9,13H2,1-3H3. The van der Waals surface area contributed by atoms with Gasteiger partial charge in [-0.25, -0.2) is 4.79 Å². The summed E-state index contributed by atoms with van der Waals surface area (Å²) >= 11 is 3.41. The Balaban J connectivity index is 1.64. The van der Waals surface area contributed by atoms with Crippen LogP contribution in [0.4, 0.5) is 14.5 Å². The van der Waals surface area contributed by atoms with Crippen LogP contribution in [-0.4, -0.2) is 36.7 Å². The lowest BCUT2D eigenvalue weighted by molar-refractivity contribution is -0.118. The van der Waals surface area contributed by atoms with Gasteiger partial charge in [0.1, 0.15) is 11.4 Å². The minimum Gasteiger partial charge on any atom is -0.456 e. The SMILES string of the molecule is CC(C)(C)OC(=O)c1cc(Br)cc(N2CCC(NCc3ccc(OC(F)F)cc3)C2=O)c1. The number of carbonyl (C=O) groups excluding carboxylic acids is 2. The predicted octanol–water partition coefficient (Wildman–Crippen LogP) is 4.90. The van der Waals surface area contributed by atoms with Crippen LogP contribution in [0.15, 0.2) is 46.9 Å². The van der Waals surface area contributed by atoms with Crippen molar-refractivity contribution in [2.45, 2.75) is 52.0 Å². The van der Waals surface area contributed by atoms with Gasteiger partial charge in [0.2, 0.25) is 5.91 Å². The molecule has 0 bridgehead atoms. The molecule has 1 fully saturated rings. The van der Waals surface area contributed by atoms with E-state index in [9.17, 15) is 18.4 Å². The van der Waals surface area contributed by atoms with Crippen LogP contribution in [0.25, 0.3) is 0 Å². The van der Waals surface area contributed by atoms with Crippen molar-refractivity contribution in [3.8, 4) is 5.75 Å². The largest absolute Gasteiger partial charge is 0.456 e. The topological polar surface area (TPSA) is 67.9 Å². The Hall–Kier alpha value is -2.52. The predicted molar refractivity (Wildman–Crippen MR) is 120 cm³/mol. The molecule has 0 aromatic heterocycles. The van der Waals surface area contributed by atoms with Gasteiger partial charge >= 0.3 is 12.6 Å². The monoisotopic (exact) mass is 510 g/mol. The number of anilines is 1. The smallest absolute Gasteiger partial charge is 0.387 e. The number of nitrogens with zero attached hydrogens (tertiary/aromatic N) is 1. The first-order valence-corrected chi connectivity index (χ1v) is 10.9. The zero-order chi connectivity index (χ0) is 23.5. The molecule has 0 aliphatic carbocycles. The third kappa shape index (κ3) is 6.49. The number of nitrogens with one attached hydrogen (secondary N) is 1. The van der Waals surface area contributed by atoms with Crippen LogP contribution < -0.4 is 15.0 Å². The summed E-state index contributed by atoms with van der Waals surface area (Å²) in [6, 6.07) is 11.0. The van der Waals surface area contributed by atoms with Crippen LogP contribution in [0.5, 0.6) is 5.75 Å².